The van der Waals surface area contributed by atoms with E-state index in [0.29, 0.717) is 25.3 Å². The number of benzene rings is 1. The lowest BCUT2D eigenvalue weighted by atomic mass is 10.1. The second kappa shape index (κ2) is 8.71. The van der Waals surface area contributed by atoms with Gasteiger partial charge in [-0.3, -0.25) is 19.1 Å². The van der Waals surface area contributed by atoms with Crippen LogP contribution in [0.15, 0.2) is 52.6 Å². The Hall–Kier alpha value is -2.77. The van der Waals surface area contributed by atoms with Gasteiger partial charge in [-0.1, -0.05) is 36.4 Å². The van der Waals surface area contributed by atoms with E-state index in [1.165, 1.54) is 10.1 Å². The highest BCUT2D eigenvalue weighted by Crippen LogP contribution is 2.17. The quantitative estimate of drug-likeness (QED) is 0.681. The Morgan fingerprint density at radius 1 is 1.21 bits per heavy atom. The molecule has 150 valence electrons. The normalized spacial score (nSPS) is 13.8. The van der Waals surface area contributed by atoms with Gasteiger partial charge in [0, 0.05) is 30.1 Å². The standard InChI is InChI=1S/C22H24N4O2S/c1-16-24-20-14-25(13-17-6-3-2-4-7-17)10-9-19(20)22(28)26(16)15-21(27)23-12-18-8-5-11-29-18/h2-8,11H,9-10,12-15H2,1H3,(H,23,27). The molecule has 0 aliphatic carbocycles. The van der Waals surface area contributed by atoms with E-state index < -0.39 is 0 Å². The molecule has 1 amide bonds. The van der Waals surface area contributed by atoms with Gasteiger partial charge in [0.05, 0.1) is 12.2 Å². The van der Waals surface area contributed by atoms with Crippen LogP contribution in [0.2, 0.25) is 0 Å². The summed E-state index contributed by atoms with van der Waals surface area (Å²) in [6.07, 6.45) is 0.658. The number of thiophene rings is 1. The van der Waals surface area contributed by atoms with Crippen molar-refractivity contribution in [1.29, 1.82) is 0 Å². The Balaban J connectivity index is 1.45. The summed E-state index contributed by atoms with van der Waals surface area (Å²) in [6, 6.07) is 14.2. The van der Waals surface area contributed by atoms with Crippen molar-refractivity contribution in [2.75, 3.05) is 6.54 Å². The number of hydrogen-bond acceptors (Lipinski definition) is 5. The van der Waals surface area contributed by atoms with Crippen molar-refractivity contribution in [3.63, 3.8) is 0 Å². The maximum Gasteiger partial charge on any atom is 0.257 e. The highest BCUT2D eigenvalue weighted by atomic mass is 32.1. The van der Waals surface area contributed by atoms with Gasteiger partial charge in [-0.15, -0.1) is 11.3 Å². The Bertz CT molecular complexity index is 1040. The van der Waals surface area contributed by atoms with Crippen LogP contribution in [-0.2, 0) is 37.4 Å². The van der Waals surface area contributed by atoms with E-state index in [0.717, 1.165) is 29.2 Å². The van der Waals surface area contributed by atoms with Crippen LogP contribution in [0, 0.1) is 6.92 Å². The number of hydrogen-bond donors (Lipinski definition) is 1. The Morgan fingerprint density at radius 3 is 2.79 bits per heavy atom. The van der Waals surface area contributed by atoms with Crippen LogP contribution in [0.5, 0.6) is 0 Å². The van der Waals surface area contributed by atoms with Crippen LogP contribution in [0.1, 0.15) is 27.5 Å². The third kappa shape index (κ3) is 4.63. The lowest BCUT2D eigenvalue weighted by Crippen LogP contribution is -2.40. The maximum atomic E-state index is 13.0. The van der Waals surface area contributed by atoms with Gasteiger partial charge in [-0.25, -0.2) is 4.98 Å². The number of nitrogens with zero attached hydrogens (tertiary/aromatic N) is 3. The van der Waals surface area contributed by atoms with Gasteiger partial charge in [0.2, 0.25) is 5.91 Å². The van der Waals surface area contributed by atoms with Crippen LogP contribution in [0.4, 0.5) is 0 Å². The maximum absolute atomic E-state index is 13.0. The molecule has 2 aromatic heterocycles. The average Bonchev–Trinajstić information content (AvgIpc) is 3.24. The van der Waals surface area contributed by atoms with E-state index in [9.17, 15) is 9.59 Å². The van der Waals surface area contributed by atoms with Crippen molar-refractivity contribution >= 4 is 17.2 Å². The summed E-state index contributed by atoms with van der Waals surface area (Å²) in [5, 5.41) is 4.85. The zero-order valence-electron chi connectivity index (χ0n) is 16.4. The van der Waals surface area contributed by atoms with E-state index >= 15 is 0 Å². The molecule has 29 heavy (non-hydrogen) atoms. The molecule has 0 saturated heterocycles. The summed E-state index contributed by atoms with van der Waals surface area (Å²) in [5.41, 5.74) is 2.75. The minimum Gasteiger partial charge on any atom is -0.350 e. The van der Waals surface area contributed by atoms with Gasteiger partial charge >= 0.3 is 0 Å². The van der Waals surface area contributed by atoms with Crippen molar-refractivity contribution < 1.29 is 4.79 Å². The first kappa shape index (κ1) is 19.5. The summed E-state index contributed by atoms with van der Waals surface area (Å²) < 4.78 is 1.50. The first-order valence-corrected chi connectivity index (χ1v) is 10.6. The number of fused-ring (bicyclic) bond motifs is 1. The van der Waals surface area contributed by atoms with Crippen molar-refractivity contribution in [1.82, 2.24) is 19.8 Å². The molecule has 0 fully saturated rings. The number of amides is 1. The molecule has 0 unspecified atom stereocenters. The number of nitrogens with one attached hydrogen (secondary N) is 1. The number of aromatic nitrogens is 2. The molecule has 1 aromatic carbocycles. The van der Waals surface area contributed by atoms with Crippen LogP contribution < -0.4 is 10.9 Å². The van der Waals surface area contributed by atoms with Crippen molar-refractivity contribution in [2.24, 2.45) is 0 Å². The zero-order chi connectivity index (χ0) is 20.2. The predicted octanol–water partition coefficient (Wildman–Crippen LogP) is 2.49. The van der Waals surface area contributed by atoms with Gasteiger partial charge in [0.1, 0.15) is 12.4 Å². The fourth-order valence-electron chi connectivity index (χ4n) is 3.66. The topological polar surface area (TPSA) is 67.2 Å². The van der Waals surface area contributed by atoms with Crippen molar-refractivity contribution in [3.05, 3.63) is 85.7 Å². The van der Waals surface area contributed by atoms with E-state index in [1.807, 2.05) is 35.7 Å². The summed E-state index contributed by atoms with van der Waals surface area (Å²) in [5.74, 6) is 0.411. The smallest absolute Gasteiger partial charge is 0.257 e. The fraction of sp³-hybridized carbons (Fsp3) is 0.318. The summed E-state index contributed by atoms with van der Waals surface area (Å²) in [4.78, 5) is 33.4. The molecule has 1 N–H and O–H groups in total. The molecule has 0 bridgehead atoms. The SMILES string of the molecule is Cc1nc2c(c(=O)n1CC(=O)NCc1cccs1)CCN(Cc1ccccc1)C2. The van der Waals surface area contributed by atoms with Gasteiger partial charge < -0.3 is 5.32 Å². The zero-order valence-corrected chi connectivity index (χ0v) is 17.2. The summed E-state index contributed by atoms with van der Waals surface area (Å²) in [6.45, 7) is 4.60. The Labute approximate surface area is 173 Å². The van der Waals surface area contributed by atoms with Crippen LogP contribution in [0.3, 0.4) is 0 Å². The summed E-state index contributed by atoms with van der Waals surface area (Å²) in [7, 11) is 0. The molecular weight excluding hydrogens is 384 g/mol. The van der Waals surface area contributed by atoms with E-state index in [4.69, 9.17) is 0 Å². The van der Waals surface area contributed by atoms with Gasteiger partial charge in [0.15, 0.2) is 0 Å². The Kier molecular flexibility index (Phi) is 5.87. The van der Waals surface area contributed by atoms with E-state index in [2.05, 4.69) is 27.3 Å². The first-order valence-electron chi connectivity index (χ1n) is 9.74. The molecule has 1 aliphatic heterocycles. The van der Waals surface area contributed by atoms with Crippen molar-refractivity contribution in [2.45, 2.75) is 39.5 Å². The molecule has 0 radical (unpaired) electrons. The number of aryl methyl sites for hydroxylation is 1. The monoisotopic (exact) mass is 408 g/mol. The third-order valence-electron chi connectivity index (χ3n) is 5.18. The number of carbonyl (C=O) groups excluding carboxylic acids is 1. The molecule has 4 rings (SSSR count). The van der Waals surface area contributed by atoms with E-state index in [1.54, 1.807) is 18.3 Å². The van der Waals surface area contributed by atoms with Gasteiger partial charge in [-0.05, 0) is 30.4 Å². The molecule has 0 atom stereocenters. The van der Waals surface area contributed by atoms with Gasteiger partial charge in [0.25, 0.3) is 5.56 Å². The fourth-order valence-corrected chi connectivity index (χ4v) is 4.30. The molecule has 7 heteroatoms. The lowest BCUT2D eigenvalue weighted by Gasteiger charge is -2.28. The highest BCUT2D eigenvalue weighted by Gasteiger charge is 2.23. The van der Waals surface area contributed by atoms with E-state index in [-0.39, 0.29) is 18.0 Å². The third-order valence-corrected chi connectivity index (χ3v) is 6.06. The van der Waals surface area contributed by atoms with Gasteiger partial charge in [-0.2, -0.15) is 0 Å². The second-order valence-electron chi connectivity index (χ2n) is 7.28. The highest BCUT2D eigenvalue weighted by molar-refractivity contribution is 7.09. The molecule has 3 aromatic rings. The van der Waals surface area contributed by atoms with Crippen LogP contribution >= 0.6 is 11.3 Å². The largest absolute Gasteiger partial charge is 0.350 e. The number of carbonyl (C=O) groups is 1. The second-order valence-corrected chi connectivity index (χ2v) is 8.31. The average molecular weight is 409 g/mol. The molecular formula is C22H24N4O2S. The molecule has 3 heterocycles. The van der Waals surface area contributed by atoms with Crippen LogP contribution in [-0.4, -0.2) is 26.9 Å². The number of rotatable bonds is 6. The summed E-state index contributed by atoms with van der Waals surface area (Å²) >= 11 is 1.60. The molecule has 0 spiro atoms. The molecule has 1 aliphatic rings. The Morgan fingerprint density at radius 2 is 2.03 bits per heavy atom. The first-order chi connectivity index (χ1) is 14.1. The minimum absolute atomic E-state index is 0.00402. The molecule has 6 nitrogen and oxygen atoms in total. The lowest BCUT2D eigenvalue weighted by molar-refractivity contribution is -0.121. The van der Waals surface area contributed by atoms with Crippen molar-refractivity contribution in [3.8, 4) is 0 Å². The minimum atomic E-state index is -0.174. The molecule has 0 saturated carbocycles. The predicted molar refractivity (Wildman–Crippen MR) is 114 cm³/mol. The van der Waals surface area contributed by atoms with Crippen LogP contribution in [0.25, 0.3) is 0 Å².